The van der Waals surface area contributed by atoms with E-state index in [4.69, 9.17) is 5.11 Å². The molecule has 0 unspecified atom stereocenters. The van der Waals surface area contributed by atoms with Crippen LogP contribution in [-0.2, 0) is 10.5 Å². The number of carbonyl (C=O) groups excluding carboxylic acids is 1. The molecule has 0 aliphatic carbocycles. The summed E-state index contributed by atoms with van der Waals surface area (Å²) in [5, 5.41) is 11.1. The number of aliphatic hydroxyl groups is 1. The first kappa shape index (κ1) is 13.1. The molecular weight excluding hydrogens is 222 g/mol. The maximum absolute atomic E-state index is 11.2. The SMILES string of the molecule is Cc1ccc(CSCC(=O)NCCO)cc1. The van der Waals surface area contributed by atoms with Crippen LogP contribution in [0.5, 0.6) is 0 Å². The molecule has 0 radical (unpaired) electrons. The average Bonchev–Trinajstić information content (AvgIpc) is 2.29. The first-order valence-electron chi connectivity index (χ1n) is 5.23. The number of hydrogen-bond donors (Lipinski definition) is 2. The molecule has 3 nitrogen and oxygen atoms in total. The lowest BCUT2D eigenvalue weighted by atomic mass is 10.2. The maximum atomic E-state index is 11.2. The fraction of sp³-hybridized carbons (Fsp3) is 0.417. The zero-order chi connectivity index (χ0) is 11.8. The molecule has 0 bridgehead atoms. The Morgan fingerprint density at radius 1 is 1.38 bits per heavy atom. The summed E-state index contributed by atoms with van der Waals surface area (Å²) in [6.07, 6.45) is 0. The fourth-order valence-corrected chi connectivity index (χ4v) is 2.01. The van der Waals surface area contributed by atoms with Gasteiger partial charge in [-0.25, -0.2) is 0 Å². The quantitative estimate of drug-likeness (QED) is 0.787. The van der Waals surface area contributed by atoms with Gasteiger partial charge in [-0.05, 0) is 12.5 Å². The van der Waals surface area contributed by atoms with E-state index in [9.17, 15) is 4.79 Å². The van der Waals surface area contributed by atoms with Crippen LogP contribution in [0.25, 0.3) is 0 Å². The van der Waals surface area contributed by atoms with Crippen molar-refractivity contribution in [3.05, 3.63) is 35.4 Å². The summed E-state index contributed by atoms with van der Waals surface area (Å²) in [6.45, 7) is 2.39. The Labute approximate surface area is 100 Å². The number of aryl methyl sites for hydroxylation is 1. The van der Waals surface area contributed by atoms with Crippen molar-refractivity contribution in [2.45, 2.75) is 12.7 Å². The number of benzene rings is 1. The van der Waals surface area contributed by atoms with Gasteiger partial charge in [0.15, 0.2) is 0 Å². The van der Waals surface area contributed by atoms with E-state index in [-0.39, 0.29) is 12.5 Å². The lowest BCUT2D eigenvalue weighted by Crippen LogP contribution is -2.27. The molecule has 0 atom stereocenters. The minimum atomic E-state index is -0.0221. The number of rotatable bonds is 6. The molecule has 0 aliphatic rings. The third-order valence-corrected chi connectivity index (χ3v) is 3.06. The molecule has 0 spiro atoms. The number of thioether (sulfide) groups is 1. The Bertz CT molecular complexity index is 324. The topological polar surface area (TPSA) is 49.3 Å². The van der Waals surface area contributed by atoms with Crippen LogP contribution >= 0.6 is 11.8 Å². The van der Waals surface area contributed by atoms with Gasteiger partial charge in [-0.1, -0.05) is 29.8 Å². The van der Waals surface area contributed by atoms with E-state index >= 15 is 0 Å². The molecule has 0 aromatic heterocycles. The minimum absolute atomic E-state index is 0.00559. The van der Waals surface area contributed by atoms with E-state index in [1.54, 1.807) is 11.8 Å². The van der Waals surface area contributed by atoms with Crippen LogP contribution < -0.4 is 5.32 Å². The summed E-state index contributed by atoms with van der Waals surface area (Å²) in [6, 6.07) is 8.30. The van der Waals surface area contributed by atoms with Crippen LogP contribution in [0.3, 0.4) is 0 Å². The second-order valence-electron chi connectivity index (χ2n) is 3.55. The standard InChI is InChI=1S/C12H17NO2S/c1-10-2-4-11(5-3-10)8-16-9-12(15)13-6-7-14/h2-5,14H,6-9H2,1H3,(H,13,15). The Kier molecular flexibility index (Phi) is 5.96. The molecular formula is C12H17NO2S. The van der Waals surface area contributed by atoms with Gasteiger partial charge >= 0.3 is 0 Å². The first-order valence-corrected chi connectivity index (χ1v) is 6.38. The van der Waals surface area contributed by atoms with Crippen LogP contribution in [0.1, 0.15) is 11.1 Å². The van der Waals surface area contributed by atoms with Gasteiger partial charge in [0.1, 0.15) is 0 Å². The number of amides is 1. The van der Waals surface area contributed by atoms with E-state index in [0.29, 0.717) is 12.3 Å². The van der Waals surface area contributed by atoms with E-state index in [1.165, 1.54) is 11.1 Å². The van der Waals surface area contributed by atoms with E-state index < -0.39 is 0 Å². The van der Waals surface area contributed by atoms with Crippen molar-refractivity contribution >= 4 is 17.7 Å². The molecule has 0 saturated carbocycles. The molecule has 0 heterocycles. The van der Waals surface area contributed by atoms with Crippen molar-refractivity contribution in [3.63, 3.8) is 0 Å². The lowest BCUT2D eigenvalue weighted by Gasteiger charge is -2.03. The third kappa shape index (κ3) is 5.19. The summed E-state index contributed by atoms with van der Waals surface area (Å²) in [5.41, 5.74) is 2.47. The number of carbonyl (C=O) groups is 1. The molecule has 1 aromatic carbocycles. The van der Waals surface area contributed by atoms with Gasteiger partial charge in [0.25, 0.3) is 0 Å². The summed E-state index contributed by atoms with van der Waals surface area (Å²) < 4.78 is 0. The summed E-state index contributed by atoms with van der Waals surface area (Å²) in [7, 11) is 0. The second-order valence-corrected chi connectivity index (χ2v) is 4.54. The van der Waals surface area contributed by atoms with E-state index in [0.717, 1.165) is 5.75 Å². The van der Waals surface area contributed by atoms with Crippen molar-refractivity contribution < 1.29 is 9.90 Å². The Morgan fingerprint density at radius 2 is 2.06 bits per heavy atom. The highest BCUT2D eigenvalue weighted by Gasteiger charge is 2.00. The summed E-state index contributed by atoms with van der Waals surface area (Å²) in [4.78, 5) is 11.2. The number of aliphatic hydroxyl groups excluding tert-OH is 1. The predicted molar refractivity (Wildman–Crippen MR) is 67.4 cm³/mol. The van der Waals surface area contributed by atoms with Gasteiger partial charge in [0.2, 0.25) is 5.91 Å². The smallest absolute Gasteiger partial charge is 0.230 e. The van der Waals surface area contributed by atoms with Gasteiger partial charge in [-0.2, -0.15) is 0 Å². The Hall–Kier alpha value is -1.00. The van der Waals surface area contributed by atoms with Crippen molar-refractivity contribution in [3.8, 4) is 0 Å². The predicted octanol–water partition coefficient (Wildman–Crippen LogP) is 1.34. The third-order valence-electron chi connectivity index (χ3n) is 2.06. The normalized spacial score (nSPS) is 10.1. The van der Waals surface area contributed by atoms with Crippen molar-refractivity contribution in [2.24, 2.45) is 0 Å². The van der Waals surface area contributed by atoms with Gasteiger partial charge < -0.3 is 10.4 Å². The molecule has 1 rings (SSSR count). The molecule has 1 aromatic rings. The maximum Gasteiger partial charge on any atom is 0.230 e. The fourth-order valence-electron chi connectivity index (χ4n) is 1.19. The molecule has 0 fully saturated rings. The summed E-state index contributed by atoms with van der Waals surface area (Å²) >= 11 is 1.58. The zero-order valence-corrected chi connectivity index (χ0v) is 10.2. The Morgan fingerprint density at radius 3 is 2.69 bits per heavy atom. The van der Waals surface area contributed by atoms with Gasteiger partial charge in [-0.3, -0.25) is 4.79 Å². The highest BCUT2D eigenvalue weighted by atomic mass is 32.2. The van der Waals surface area contributed by atoms with Crippen LogP contribution in [0, 0.1) is 6.92 Å². The molecule has 16 heavy (non-hydrogen) atoms. The van der Waals surface area contributed by atoms with Crippen LogP contribution in [0.4, 0.5) is 0 Å². The van der Waals surface area contributed by atoms with Crippen LogP contribution in [0.2, 0.25) is 0 Å². The second kappa shape index (κ2) is 7.30. The number of nitrogens with one attached hydrogen (secondary N) is 1. The highest BCUT2D eigenvalue weighted by molar-refractivity contribution is 7.99. The Balaban J connectivity index is 2.20. The van der Waals surface area contributed by atoms with Crippen molar-refractivity contribution in [1.82, 2.24) is 5.32 Å². The molecule has 0 aliphatic heterocycles. The van der Waals surface area contributed by atoms with E-state index in [1.807, 2.05) is 0 Å². The minimum Gasteiger partial charge on any atom is -0.395 e. The molecule has 0 saturated heterocycles. The first-order chi connectivity index (χ1) is 7.72. The molecule has 4 heteroatoms. The van der Waals surface area contributed by atoms with Gasteiger partial charge in [-0.15, -0.1) is 11.8 Å². The van der Waals surface area contributed by atoms with Crippen LogP contribution in [0.15, 0.2) is 24.3 Å². The van der Waals surface area contributed by atoms with Crippen LogP contribution in [-0.4, -0.2) is 29.9 Å². The van der Waals surface area contributed by atoms with E-state index in [2.05, 4.69) is 36.5 Å². The molecule has 1 amide bonds. The number of hydrogen-bond acceptors (Lipinski definition) is 3. The lowest BCUT2D eigenvalue weighted by molar-refractivity contribution is -0.118. The zero-order valence-electron chi connectivity index (χ0n) is 9.40. The monoisotopic (exact) mass is 239 g/mol. The summed E-state index contributed by atoms with van der Waals surface area (Å²) in [5.74, 6) is 1.26. The highest BCUT2D eigenvalue weighted by Crippen LogP contribution is 2.12. The van der Waals surface area contributed by atoms with Gasteiger partial charge in [0, 0.05) is 12.3 Å². The van der Waals surface area contributed by atoms with Gasteiger partial charge in [0.05, 0.1) is 12.4 Å². The molecule has 88 valence electrons. The van der Waals surface area contributed by atoms with Crippen molar-refractivity contribution in [2.75, 3.05) is 18.9 Å². The largest absolute Gasteiger partial charge is 0.395 e. The van der Waals surface area contributed by atoms with Crippen molar-refractivity contribution in [1.29, 1.82) is 0 Å². The molecule has 2 N–H and O–H groups in total. The average molecular weight is 239 g/mol.